The monoisotopic (exact) mass is 415 g/mol. The summed E-state index contributed by atoms with van der Waals surface area (Å²) >= 11 is 0. The lowest BCUT2D eigenvalue weighted by Crippen LogP contribution is -2.26. The van der Waals surface area contributed by atoms with Gasteiger partial charge in [-0.05, 0) is 56.1 Å². The summed E-state index contributed by atoms with van der Waals surface area (Å²) < 4.78 is 19.8. The standard InChI is InChI=1S/C22H22FN3O2.ClH/c23-19-8-4-3-7-18(19)20-14-26-22(28-20)17-6-2-1-5-16(17)21(27)25-12-10-15-9-11-24-13-15;/h1-8,14-15,24H,9-13H2,(H,25,27);1H. The van der Waals surface area contributed by atoms with Crippen LogP contribution in [0.2, 0.25) is 0 Å². The Morgan fingerprint density at radius 3 is 2.69 bits per heavy atom. The van der Waals surface area contributed by atoms with Crippen LogP contribution in [0.5, 0.6) is 0 Å². The maximum absolute atomic E-state index is 14.0. The van der Waals surface area contributed by atoms with E-state index in [2.05, 4.69) is 15.6 Å². The largest absolute Gasteiger partial charge is 0.436 e. The zero-order valence-corrected chi connectivity index (χ0v) is 16.7. The number of aromatic nitrogens is 1. The fraction of sp³-hybridized carbons (Fsp3) is 0.273. The van der Waals surface area contributed by atoms with Gasteiger partial charge in [0.25, 0.3) is 5.91 Å². The molecule has 1 saturated heterocycles. The molecule has 2 heterocycles. The average Bonchev–Trinajstić information content (AvgIpc) is 3.40. The fourth-order valence-electron chi connectivity index (χ4n) is 3.50. The smallest absolute Gasteiger partial charge is 0.252 e. The van der Waals surface area contributed by atoms with E-state index in [0.717, 1.165) is 25.9 Å². The number of nitrogens with one attached hydrogen (secondary N) is 2. The second-order valence-corrected chi connectivity index (χ2v) is 6.96. The van der Waals surface area contributed by atoms with Crippen molar-refractivity contribution >= 4 is 18.3 Å². The van der Waals surface area contributed by atoms with Crippen molar-refractivity contribution in [1.82, 2.24) is 15.6 Å². The zero-order chi connectivity index (χ0) is 19.3. The Bertz CT molecular complexity index is 970. The van der Waals surface area contributed by atoms with Crippen LogP contribution in [0.15, 0.2) is 59.1 Å². The molecular weight excluding hydrogens is 393 g/mol. The molecule has 7 heteroatoms. The minimum atomic E-state index is -0.377. The molecule has 1 amide bonds. The van der Waals surface area contributed by atoms with Gasteiger partial charge in [0.15, 0.2) is 5.76 Å². The van der Waals surface area contributed by atoms with Gasteiger partial charge < -0.3 is 15.1 Å². The second-order valence-electron chi connectivity index (χ2n) is 6.96. The highest BCUT2D eigenvalue weighted by Crippen LogP contribution is 2.29. The average molecular weight is 416 g/mol. The SMILES string of the molecule is Cl.O=C(NCCC1CCNC1)c1ccccc1-c1ncc(-c2ccccc2F)o1. The molecule has 2 aromatic carbocycles. The predicted octanol–water partition coefficient (Wildman–Crippen LogP) is 4.30. The van der Waals surface area contributed by atoms with Crippen LogP contribution in [0.1, 0.15) is 23.2 Å². The molecular formula is C22H23ClFN3O2. The van der Waals surface area contributed by atoms with Crippen LogP contribution in [0.4, 0.5) is 4.39 Å². The first-order valence-electron chi connectivity index (χ1n) is 9.51. The van der Waals surface area contributed by atoms with E-state index in [0.29, 0.717) is 40.8 Å². The van der Waals surface area contributed by atoms with Crippen molar-refractivity contribution in [3.63, 3.8) is 0 Å². The Labute approximate surface area is 175 Å². The van der Waals surface area contributed by atoms with Gasteiger partial charge in [0.1, 0.15) is 5.82 Å². The van der Waals surface area contributed by atoms with Gasteiger partial charge in [-0.15, -0.1) is 12.4 Å². The number of benzene rings is 2. The number of carbonyl (C=O) groups excluding carboxylic acids is 1. The van der Waals surface area contributed by atoms with Crippen molar-refractivity contribution < 1.29 is 13.6 Å². The summed E-state index contributed by atoms with van der Waals surface area (Å²) in [7, 11) is 0. The third-order valence-electron chi connectivity index (χ3n) is 5.05. The van der Waals surface area contributed by atoms with E-state index in [1.807, 2.05) is 6.07 Å². The summed E-state index contributed by atoms with van der Waals surface area (Å²) in [5, 5.41) is 6.32. The Hall–Kier alpha value is -2.70. The summed E-state index contributed by atoms with van der Waals surface area (Å²) in [6, 6.07) is 13.5. The fourth-order valence-corrected chi connectivity index (χ4v) is 3.50. The van der Waals surface area contributed by atoms with Crippen LogP contribution in [0, 0.1) is 11.7 Å². The number of amides is 1. The van der Waals surface area contributed by atoms with Crippen molar-refractivity contribution in [3.8, 4) is 22.8 Å². The molecule has 29 heavy (non-hydrogen) atoms. The maximum Gasteiger partial charge on any atom is 0.252 e. The Morgan fingerprint density at radius 2 is 1.93 bits per heavy atom. The Morgan fingerprint density at radius 1 is 1.17 bits per heavy atom. The predicted molar refractivity (Wildman–Crippen MR) is 113 cm³/mol. The lowest BCUT2D eigenvalue weighted by molar-refractivity contribution is 0.0952. The second kappa shape index (κ2) is 9.67. The minimum Gasteiger partial charge on any atom is -0.436 e. The molecule has 1 atom stereocenters. The first kappa shape index (κ1) is 21.0. The van der Waals surface area contributed by atoms with Crippen LogP contribution in [0.3, 0.4) is 0 Å². The van der Waals surface area contributed by atoms with Gasteiger partial charge >= 0.3 is 0 Å². The van der Waals surface area contributed by atoms with E-state index in [1.165, 1.54) is 12.3 Å². The molecule has 0 bridgehead atoms. The molecule has 0 radical (unpaired) electrons. The molecule has 152 valence electrons. The Balaban J connectivity index is 0.00000240. The topological polar surface area (TPSA) is 67.2 Å². The summed E-state index contributed by atoms with van der Waals surface area (Å²) in [6.07, 6.45) is 3.59. The molecule has 1 fully saturated rings. The highest BCUT2D eigenvalue weighted by Gasteiger charge is 2.19. The molecule has 1 aliphatic heterocycles. The van der Waals surface area contributed by atoms with Gasteiger partial charge in [0.2, 0.25) is 5.89 Å². The molecule has 5 nitrogen and oxygen atoms in total. The number of nitrogens with zero attached hydrogens (tertiary/aromatic N) is 1. The van der Waals surface area contributed by atoms with Gasteiger partial charge in [0.05, 0.1) is 17.3 Å². The van der Waals surface area contributed by atoms with E-state index in [9.17, 15) is 9.18 Å². The van der Waals surface area contributed by atoms with Crippen molar-refractivity contribution in [3.05, 3.63) is 66.1 Å². The molecule has 0 aliphatic carbocycles. The van der Waals surface area contributed by atoms with Gasteiger partial charge in [-0.1, -0.05) is 24.3 Å². The van der Waals surface area contributed by atoms with E-state index >= 15 is 0 Å². The van der Waals surface area contributed by atoms with Crippen molar-refractivity contribution in [2.45, 2.75) is 12.8 Å². The zero-order valence-electron chi connectivity index (χ0n) is 15.9. The third kappa shape index (κ3) is 4.83. The van der Waals surface area contributed by atoms with E-state index in [-0.39, 0.29) is 24.1 Å². The van der Waals surface area contributed by atoms with Crippen molar-refractivity contribution in [1.29, 1.82) is 0 Å². The molecule has 1 aliphatic rings. The number of halogens is 2. The summed E-state index contributed by atoms with van der Waals surface area (Å²) in [4.78, 5) is 17.0. The van der Waals surface area contributed by atoms with Crippen molar-refractivity contribution in [2.75, 3.05) is 19.6 Å². The lowest BCUT2D eigenvalue weighted by Gasteiger charge is -2.11. The van der Waals surface area contributed by atoms with E-state index < -0.39 is 0 Å². The highest BCUT2D eigenvalue weighted by molar-refractivity contribution is 6.00. The normalized spacial score (nSPS) is 15.7. The molecule has 4 rings (SSSR count). The molecule has 2 N–H and O–H groups in total. The first-order valence-corrected chi connectivity index (χ1v) is 9.51. The van der Waals surface area contributed by atoms with Crippen LogP contribution in [0.25, 0.3) is 22.8 Å². The molecule has 1 unspecified atom stereocenters. The molecule has 0 spiro atoms. The summed E-state index contributed by atoms with van der Waals surface area (Å²) in [5.74, 6) is 0.705. The number of hydrogen-bond acceptors (Lipinski definition) is 4. The summed E-state index contributed by atoms with van der Waals surface area (Å²) in [5.41, 5.74) is 1.42. The molecule has 0 saturated carbocycles. The van der Waals surface area contributed by atoms with E-state index in [1.54, 1.807) is 36.4 Å². The number of oxazole rings is 1. The first-order chi connectivity index (χ1) is 13.7. The Kier molecular flexibility index (Phi) is 7.01. The lowest BCUT2D eigenvalue weighted by atomic mass is 10.0. The van der Waals surface area contributed by atoms with E-state index in [4.69, 9.17) is 4.42 Å². The van der Waals surface area contributed by atoms with Crippen LogP contribution in [-0.2, 0) is 0 Å². The van der Waals surface area contributed by atoms with Gasteiger partial charge in [-0.25, -0.2) is 9.37 Å². The molecule has 3 aromatic rings. The number of carbonyl (C=O) groups is 1. The van der Waals surface area contributed by atoms with Crippen LogP contribution in [-0.4, -0.2) is 30.5 Å². The van der Waals surface area contributed by atoms with Crippen LogP contribution < -0.4 is 10.6 Å². The number of rotatable bonds is 6. The van der Waals surface area contributed by atoms with Gasteiger partial charge in [-0.3, -0.25) is 4.79 Å². The summed E-state index contributed by atoms with van der Waals surface area (Å²) in [6.45, 7) is 2.70. The maximum atomic E-state index is 14.0. The van der Waals surface area contributed by atoms with Gasteiger partial charge in [-0.2, -0.15) is 0 Å². The molecule has 1 aromatic heterocycles. The minimum absolute atomic E-state index is 0. The number of hydrogen-bond donors (Lipinski definition) is 2. The van der Waals surface area contributed by atoms with Crippen molar-refractivity contribution in [2.24, 2.45) is 5.92 Å². The highest BCUT2D eigenvalue weighted by atomic mass is 35.5. The third-order valence-corrected chi connectivity index (χ3v) is 5.05. The van der Waals surface area contributed by atoms with Crippen LogP contribution >= 0.6 is 12.4 Å². The van der Waals surface area contributed by atoms with Gasteiger partial charge in [0, 0.05) is 12.1 Å². The quantitative estimate of drug-likeness (QED) is 0.630.